The highest BCUT2D eigenvalue weighted by atomic mass is 79.9. The van der Waals surface area contributed by atoms with Gasteiger partial charge in [-0.1, -0.05) is 15.9 Å². The number of hydrogen-bond acceptors (Lipinski definition) is 3. The first-order valence-corrected chi connectivity index (χ1v) is 6.42. The van der Waals surface area contributed by atoms with Crippen LogP contribution in [0.2, 0.25) is 0 Å². The van der Waals surface area contributed by atoms with Crippen molar-refractivity contribution in [2.75, 3.05) is 11.1 Å². The number of nitrogens with one attached hydrogen (secondary N) is 1. The van der Waals surface area contributed by atoms with Crippen molar-refractivity contribution in [3.8, 4) is 0 Å². The number of carbonyl (C=O) groups is 1. The Morgan fingerprint density at radius 1 is 1.26 bits per heavy atom. The van der Waals surface area contributed by atoms with Crippen LogP contribution in [0.15, 0.2) is 40.9 Å². The predicted molar refractivity (Wildman–Crippen MR) is 80.0 cm³/mol. The highest BCUT2D eigenvalue weighted by molar-refractivity contribution is 9.10. The second kappa shape index (κ2) is 5.32. The molecule has 0 aliphatic carbocycles. The van der Waals surface area contributed by atoms with Gasteiger partial charge in [-0.05, 0) is 48.9 Å². The number of nitrogen functional groups attached to an aromatic ring is 1. The highest BCUT2D eigenvalue weighted by Gasteiger charge is 2.06. The minimum absolute atomic E-state index is 0.176. The fourth-order valence-electron chi connectivity index (χ4n) is 1.69. The van der Waals surface area contributed by atoms with Gasteiger partial charge in [0.25, 0.3) is 0 Å². The minimum Gasteiger partial charge on any atom is -0.478 e. The molecule has 0 spiro atoms. The van der Waals surface area contributed by atoms with Gasteiger partial charge in [0.05, 0.1) is 16.9 Å². The van der Waals surface area contributed by atoms with Gasteiger partial charge >= 0.3 is 5.97 Å². The van der Waals surface area contributed by atoms with Crippen LogP contribution in [-0.2, 0) is 0 Å². The third-order valence-electron chi connectivity index (χ3n) is 2.74. The Bertz CT molecular complexity index is 641. The summed E-state index contributed by atoms with van der Waals surface area (Å²) in [5.41, 5.74) is 9.11. The zero-order valence-corrected chi connectivity index (χ0v) is 11.9. The zero-order valence-electron chi connectivity index (χ0n) is 10.3. The smallest absolute Gasteiger partial charge is 0.335 e. The third kappa shape index (κ3) is 3.06. The summed E-state index contributed by atoms with van der Waals surface area (Å²) in [6, 6.07) is 10.5. The van der Waals surface area contributed by atoms with Gasteiger partial charge in [-0.25, -0.2) is 4.79 Å². The Balaban J connectivity index is 2.28. The number of aryl methyl sites for hydroxylation is 1. The maximum absolute atomic E-state index is 10.8. The average Bonchev–Trinajstić information content (AvgIpc) is 2.36. The van der Waals surface area contributed by atoms with Crippen molar-refractivity contribution >= 4 is 39.0 Å². The first-order valence-electron chi connectivity index (χ1n) is 5.63. The molecule has 2 aromatic rings. The second-order valence-electron chi connectivity index (χ2n) is 4.20. The van der Waals surface area contributed by atoms with Gasteiger partial charge in [0.1, 0.15) is 0 Å². The number of rotatable bonds is 3. The molecular formula is C14H13BrN2O2. The van der Waals surface area contributed by atoms with E-state index in [0.29, 0.717) is 11.4 Å². The van der Waals surface area contributed by atoms with E-state index in [1.807, 2.05) is 25.1 Å². The molecular weight excluding hydrogens is 308 g/mol. The van der Waals surface area contributed by atoms with Crippen LogP contribution >= 0.6 is 15.9 Å². The van der Waals surface area contributed by atoms with E-state index in [0.717, 1.165) is 15.7 Å². The van der Waals surface area contributed by atoms with E-state index in [1.54, 1.807) is 6.07 Å². The molecule has 98 valence electrons. The Kier molecular flexibility index (Phi) is 3.76. The zero-order chi connectivity index (χ0) is 14.0. The van der Waals surface area contributed by atoms with E-state index in [9.17, 15) is 4.79 Å². The molecule has 4 N–H and O–H groups in total. The van der Waals surface area contributed by atoms with Gasteiger partial charge < -0.3 is 16.2 Å². The number of benzene rings is 2. The van der Waals surface area contributed by atoms with Crippen LogP contribution in [0, 0.1) is 6.92 Å². The average molecular weight is 321 g/mol. The number of nitrogens with two attached hydrogens (primary N) is 1. The van der Waals surface area contributed by atoms with Gasteiger partial charge in [-0.3, -0.25) is 0 Å². The molecule has 0 saturated heterocycles. The molecule has 2 aromatic carbocycles. The van der Waals surface area contributed by atoms with Crippen LogP contribution in [-0.4, -0.2) is 11.1 Å². The van der Waals surface area contributed by atoms with Crippen LogP contribution in [0.5, 0.6) is 0 Å². The summed E-state index contributed by atoms with van der Waals surface area (Å²) in [5, 5.41) is 12.0. The summed E-state index contributed by atoms with van der Waals surface area (Å²) >= 11 is 3.44. The van der Waals surface area contributed by atoms with Crippen molar-refractivity contribution in [2.45, 2.75) is 6.92 Å². The molecule has 0 aliphatic heterocycles. The van der Waals surface area contributed by atoms with Crippen LogP contribution < -0.4 is 11.1 Å². The summed E-state index contributed by atoms with van der Waals surface area (Å²) in [4.78, 5) is 10.8. The number of carboxylic acids is 1. The molecule has 0 heterocycles. The lowest BCUT2D eigenvalue weighted by atomic mass is 10.1. The van der Waals surface area contributed by atoms with Crippen molar-refractivity contribution < 1.29 is 9.90 Å². The first-order chi connectivity index (χ1) is 8.97. The third-order valence-corrected chi connectivity index (χ3v) is 3.63. The van der Waals surface area contributed by atoms with E-state index >= 15 is 0 Å². The first kappa shape index (κ1) is 13.4. The lowest BCUT2D eigenvalue weighted by Crippen LogP contribution is -2.01. The van der Waals surface area contributed by atoms with E-state index in [1.165, 1.54) is 12.1 Å². The van der Waals surface area contributed by atoms with Crippen LogP contribution in [0.4, 0.5) is 17.1 Å². The Labute approximate surface area is 119 Å². The van der Waals surface area contributed by atoms with E-state index in [-0.39, 0.29) is 5.56 Å². The van der Waals surface area contributed by atoms with E-state index < -0.39 is 5.97 Å². The maximum Gasteiger partial charge on any atom is 0.335 e. The summed E-state index contributed by atoms with van der Waals surface area (Å²) in [6.45, 7) is 1.99. The quantitative estimate of drug-likeness (QED) is 0.752. The van der Waals surface area contributed by atoms with Crippen molar-refractivity contribution in [3.63, 3.8) is 0 Å². The van der Waals surface area contributed by atoms with Gasteiger partial charge in [-0.15, -0.1) is 0 Å². The standard InChI is InChI=1S/C14H13BrN2O2/c1-8-6-10(3-4-11(8)15)17-13-5-2-9(14(18)19)7-12(13)16/h2-7,17H,16H2,1H3,(H,18,19). The lowest BCUT2D eigenvalue weighted by Gasteiger charge is -2.11. The Morgan fingerprint density at radius 3 is 2.58 bits per heavy atom. The Morgan fingerprint density at radius 2 is 2.00 bits per heavy atom. The molecule has 0 unspecified atom stereocenters. The molecule has 19 heavy (non-hydrogen) atoms. The van der Waals surface area contributed by atoms with Crippen molar-refractivity contribution in [1.29, 1.82) is 0 Å². The molecule has 0 radical (unpaired) electrons. The molecule has 0 aliphatic rings. The normalized spacial score (nSPS) is 10.2. The number of anilines is 3. The lowest BCUT2D eigenvalue weighted by molar-refractivity contribution is 0.0697. The van der Waals surface area contributed by atoms with Gasteiger partial charge in [0.15, 0.2) is 0 Å². The second-order valence-corrected chi connectivity index (χ2v) is 5.05. The summed E-state index contributed by atoms with van der Waals surface area (Å²) in [7, 11) is 0. The number of halogens is 1. The SMILES string of the molecule is Cc1cc(Nc2ccc(C(=O)O)cc2N)ccc1Br. The molecule has 0 saturated carbocycles. The predicted octanol–water partition coefficient (Wildman–Crippen LogP) is 3.78. The molecule has 0 atom stereocenters. The summed E-state index contributed by atoms with van der Waals surface area (Å²) in [6.07, 6.45) is 0. The summed E-state index contributed by atoms with van der Waals surface area (Å²) < 4.78 is 1.03. The van der Waals surface area contributed by atoms with Crippen LogP contribution in [0.25, 0.3) is 0 Å². The summed E-state index contributed by atoms with van der Waals surface area (Å²) in [5.74, 6) is -0.988. The van der Waals surface area contributed by atoms with Crippen molar-refractivity contribution in [2.24, 2.45) is 0 Å². The number of aromatic carboxylic acids is 1. The minimum atomic E-state index is -0.988. The van der Waals surface area contributed by atoms with E-state index in [2.05, 4.69) is 21.2 Å². The van der Waals surface area contributed by atoms with Gasteiger partial charge in [0, 0.05) is 10.2 Å². The van der Waals surface area contributed by atoms with Gasteiger partial charge in [-0.2, -0.15) is 0 Å². The number of hydrogen-bond donors (Lipinski definition) is 3. The molecule has 4 nitrogen and oxygen atoms in total. The molecule has 0 amide bonds. The topological polar surface area (TPSA) is 75.3 Å². The largest absolute Gasteiger partial charge is 0.478 e. The maximum atomic E-state index is 10.8. The monoisotopic (exact) mass is 320 g/mol. The van der Waals surface area contributed by atoms with Crippen LogP contribution in [0.1, 0.15) is 15.9 Å². The van der Waals surface area contributed by atoms with E-state index in [4.69, 9.17) is 10.8 Å². The fourth-order valence-corrected chi connectivity index (χ4v) is 1.93. The molecule has 0 fully saturated rings. The van der Waals surface area contributed by atoms with Crippen molar-refractivity contribution in [1.82, 2.24) is 0 Å². The van der Waals surface area contributed by atoms with Crippen molar-refractivity contribution in [3.05, 3.63) is 52.0 Å². The molecule has 2 rings (SSSR count). The van der Waals surface area contributed by atoms with Gasteiger partial charge in [0.2, 0.25) is 0 Å². The fraction of sp³-hybridized carbons (Fsp3) is 0.0714. The highest BCUT2D eigenvalue weighted by Crippen LogP contribution is 2.26. The molecule has 0 bridgehead atoms. The molecule has 0 aromatic heterocycles. The Hall–Kier alpha value is -2.01. The molecule has 5 heteroatoms. The van der Waals surface area contributed by atoms with Crippen LogP contribution in [0.3, 0.4) is 0 Å². The number of carboxylic acid groups (broad SMARTS) is 1.